The van der Waals surface area contributed by atoms with E-state index >= 15 is 0 Å². The molecule has 2 amide bonds. The Labute approximate surface area is 134 Å². The minimum absolute atomic E-state index is 0.121. The molecular weight excluding hydrogens is 306 g/mol. The molecule has 5 nitrogen and oxygen atoms in total. The van der Waals surface area contributed by atoms with Crippen LogP contribution < -0.4 is 10.6 Å². The quantitative estimate of drug-likeness (QED) is 0.761. The molecule has 1 atom stereocenters. The number of thiazole rings is 1. The zero-order chi connectivity index (χ0) is 15.8. The van der Waals surface area contributed by atoms with Crippen LogP contribution in [0.2, 0.25) is 0 Å². The average Bonchev–Trinajstić information content (AvgIpc) is 2.73. The zero-order valence-electron chi connectivity index (χ0n) is 13.0. The van der Waals surface area contributed by atoms with Gasteiger partial charge in [0, 0.05) is 24.8 Å². The van der Waals surface area contributed by atoms with Gasteiger partial charge in [0.15, 0.2) is 0 Å². The summed E-state index contributed by atoms with van der Waals surface area (Å²) >= 11 is 3.32. The third-order valence-electron chi connectivity index (χ3n) is 3.02. The minimum atomic E-state index is -0.449. The molecule has 21 heavy (non-hydrogen) atoms. The maximum absolute atomic E-state index is 12.1. The molecule has 0 saturated heterocycles. The van der Waals surface area contributed by atoms with Crippen LogP contribution in [-0.2, 0) is 16.0 Å². The van der Waals surface area contributed by atoms with Crippen LogP contribution in [0.5, 0.6) is 0 Å². The highest BCUT2D eigenvalue weighted by atomic mass is 32.2. The fourth-order valence-electron chi connectivity index (χ4n) is 1.81. The van der Waals surface area contributed by atoms with Crippen LogP contribution in [0.3, 0.4) is 0 Å². The molecule has 7 heteroatoms. The molecule has 118 valence electrons. The van der Waals surface area contributed by atoms with Crippen molar-refractivity contribution in [2.24, 2.45) is 0 Å². The van der Waals surface area contributed by atoms with E-state index in [4.69, 9.17) is 0 Å². The fourth-order valence-corrected chi connectivity index (χ4v) is 3.22. The molecule has 0 bridgehead atoms. The standard InChI is InChI=1S/C14H23N3O2S2/c1-9-10(2)21-13(16-9)5-7-15-14(19)12(6-8-20-4)17-11(3)18/h12H,5-8H2,1-4H3,(H,15,19)(H,17,18)/t12-/m0/s1. The number of aromatic nitrogens is 1. The number of nitrogens with one attached hydrogen (secondary N) is 2. The molecule has 1 aromatic heterocycles. The van der Waals surface area contributed by atoms with Crippen LogP contribution in [0.1, 0.15) is 28.9 Å². The molecule has 0 aliphatic carbocycles. The first-order valence-electron chi connectivity index (χ1n) is 6.90. The third kappa shape index (κ3) is 6.48. The number of thioether (sulfide) groups is 1. The Morgan fingerprint density at radius 1 is 1.38 bits per heavy atom. The van der Waals surface area contributed by atoms with E-state index in [1.165, 1.54) is 11.8 Å². The van der Waals surface area contributed by atoms with E-state index in [1.807, 2.05) is 20.1 Å². The van der Waals surface area contributed by atoms with Gasteiger partial charge >= 0.3 is 0 Å². The molecule has 0 spiro atoms. The van der Waals surface area contributed by atoms with Gasteiger partial charge in [0.05, 0.1) is 10.7 Å². The van der Waals surface area contributed by atoms with Gasteiger partial charge in [-0.25, -0.2) is 4.98 Å². The normalized spacial score (nSPS) is 12.0. The first-order chi connectivity index (χ1) is 9.93. The molecule has 1 aromatic rings. The molecule has 2 N–H and O–H groups in total. The smallest absolute Gasteiger partial charge is 0.242 e. The molecule has 0 fully saturated rings. The van der Waals surface area contributed by atoms with Gasteiger partial charge < -0.3 is 10.6 Å². The van der Waals surface area contributed by atoms with Gasteiger partial charge in [-0.15, -0.1) is 11.3 Å². The van der Waals surface area contributed by atoms with Crippen LogP contribution >= 0.6 is 23.1 Å². The van der Waals surface area contributed by atoms with Crippen LogP contribution in [0.25, 0.3) is 0 Å². The lowest BCUT2D eigenvalue weighted by Gasteiger charge is -2.16. The van der Waals surface area contributed by atoms with Gasteiger partial charge in [-0.2, -0.15) is 11.8 Å². The van der Waals surface area contributed by atoms with Crippen molar-refractivity contribution in [3.8, 4) is 0 Å². The first-order valence-corrected chi connectivity index (χ1v) is 9.11. The number of carbonyl (C=O) groups excluding carboxylic acids is 2. The van der Waals surface area contributed by atoms with Crippen LogP contribution in [0, 0.1) is 13.8 Å². The lowest BCUT2D eigenvalue weighted by Crippen LogP contribution is -2.46. The van der Waals surface area contributed by atoms with E-state index in [0.717, 1.165) is 22.9 Å². The van der Waals surface area contributed by atoms with Crippen LogP contribution in [-0.4, -0.2) is 41.4 Å². The van der Waals surface area contributed by atoms with Gasteiger partial charge in [-0.3, -0.25) is 9.59 Å². The van der Waals surface area contributed by atoms with Crippen molar-refractivity contribution in [2.45, 2.75) is 39.7 Å². The highest BCUT2D eigenvalue weighted by molar-refractivity contribution is 7.98. The average molecular weight is 329 g/mol. The Balaban J connectivity index is 2.43. The minimum Gasteiger partial charge on any atom is -0.354 e. The molecule has 0 aliphatic heterocycles. The van der Waals surface area contributed by atoms with Crippen molar-refractivity contribution >= 4 is 34.9 Å². The van der Waals surface area contributed by atoms with E-state index < -0.39 is 6.04 Å². The Morgan fingerprint density at radius 3 is 2.62 bits per heavy atom. The topological polar surface area (TPSA) is 71.1 Å². The summed E-state index contributed by atoms with van der Waals surface area (Å²) in [4.78, 5) is 28.9. The fraction of sp³-hybridized carbons (Fsp3) is 0.643. The highest BCUT2D eigenvalue weighted by Gasteiger charge is 2.18. The van der Waals surface area contributed by atoms with Crippen LogP contribution in [0.4, 0.5) is 0 Å². The van der Waals surface area contributed by atoms with Crippen molar-refractivity contribution in [1.29, 1.82) is 0 Å². The summed E-state index contributed by atoms with van der Waals surface area (Å²) in [6.07, 6.45) is 3.35. The second-order valence-electron chi connectivity index (χ2n) is 4.82. The predicted molar refractivity (Wildman–Crippen MR) is 88.9 cm³/mol. The molecule has 0 aliphatic rings. The van der Waals surface area contributed by atoms with E-state index in [0.29, 0.717) is 13.0 Å². The molecular formula is C14H23N3O2S2. The van der Waals surface area contributed by atoms with Crippen molar-refractivity contribution in [2.75, 3.05) is 18.6 Å². The summed E-state index contributed by atoms with van der Waals surface area (Å²) in [5.74, 6) is 0.537. The number of hydrogen-bond donors (Lipinski definition) is 2. The van der Waals surface area contributed by atoms with Gasteiger partial charge in [-0.05, 0) is 32.3 Å². The van der Waals surface area contributed by atoms with Crippen molar-refractivity contribution < 1.29 is 9.59 Å². The predicted octanol–water partition coefficient (Wildman–Crippen LogP) is 1.68. The summed E-state index contributed by atoms with van der Waals surface area (Å²) in [7, 11) is 0. The molecule has 0 unspecified atom stereocenters. The summed E-state index contributed by atoms with van der Waals surface area (Å²) < 4.78 is 0. The number of nitrogens with zero attached hydrogens (tertiary/aromatic N) is 1. The van der Waals surface area contributed by atoms with Crippen molar-refractivity contribution in [1.82, 2.24) is 15.6 Å². The third-order valence-corrected chi connectivity index (χ3v) is 4.79. The van der Waals surface area contributed by atoms with Crippen molar-refractivity contribution in [3.05, 3.63) is 15.6 Å². The Bertz CT molecular complexity index is 469. The molecule has 0 aromatic carbocycles. The Kier molecular flexibility index (Phi) is 7.74. The first kappa shape index (κ1) is 18.0. The Hall–Kier alpha value is -1.08. The number of rotatable bonds is 8. The molecule has 1 rings (SSSR count). The monoisotopic (exact) mass is 329 g/mol. The second-order valence-corrected chi connectivity index (χ2v) is 7.10. The van der Waals surface area contributed by atoms with Gasteiger partial charge in [0.1, 0.15) is 6.04 Å². The maximum Gasteiger partial charge on any atom is 0.242 e. The van der Waals surface area contributed by atoms with E-state index in [9.17, 15) is 9.59 Å². The Morgan fingerprint density at radius 2 is 2.10 bits per heavy atom. The maximum atomic E-state index is 12.1. The molecule has 1 heterocycles. The number of carbonyl (C=O) groups is 2. The van der Waals surface area contributed by atoms with E-state index in [1.54, 1.807) is 23.1 Å². The van der Waals surface area contributed by atoms with Gasteiger partial charge in [-0.1, -0.05) is 0 Å². The van der Waals surface area contributed by atoms with E-state index in [2.05, 4.69) is 15.6 Å². The van der Waals surface area contributed by atoms with Gasteiger partial charge in [0.2, 0.25) is 11.8 Å². The van der Waals surface area contributed by atoms with E-state index in [-0.39, 0.29) is 11.8 Å². The summed E-state index contributed by atoms with van der Waals surface area (Å²) in [6, 6.07) is -0.449. The lowest BCUT2D eigenvalue weighted by molar-refractivity contribution is -0.128. The van der Waals surface area contributed by atoms with Crippen LogP contribution in [0.15, 0.2) is 0 Å². The highest BCUT2D eigenvalue weighted by Crippen LogP contribution is 2.16. The summed E-state index contributed by atoms with van der Waals surface area (Å²) in [5, 5.41) is 6.61. The van der Waals surface area contributed by atoms with Gasteiger partial charge in [0.25, 0.3) is 0 Å². The zero-order valence-corrected chi connectivity index (χ0v) is 14.6. The number of hydrogen-bond acceptors (Lipinski definition) is 5. The molecule has 0 saturated carbocycles. The number of amides is 2. The van der Waals surface area contributed by atoms with Crippen molar-refractivity contribution in [3.63, 3.8) is 0 Å². The molecule has 0 radical (unpaired) electrons. The SMILES string of the molecule is CSCC[C@H](NC(C)=O)C(=O)NCCc1nc(C)c(C)s1. The summed E-state index contributed by atoms with van der Waals surface area (Å²) in [5.41, 5.74) is 1.05. The lowest BCUT2D eigenvalue weighted by atomic mass is 10.2. The second kappa shape index (κ2) is 9.04. The summed E-state index contributed by atoms with van der Waals surface area (Å²) in [6.45, 7) is 6.01. The number of aryl methyl sites for hydroxylation is 2. The largest absolute Gasteiger partial charge is 0.354 e.